The van der Waals surface area contributed by atoms with Crippen molar-refractivity contribution < 1.29 is 9.53 Å². The average molecular weight is 497 g/mol. The van der Waals surface area contributed by atoms with Crippen molar-refractivity contribution in [3.63, 3.8) is 0 Å². The highest BCUT2D eigenvalue weighted by Crippen LogP contribution is 2.15. The van der Waals surface area contributed by atoms with Crippen molar-refractivity contribution in [1.29, 1.82) is 0 Å². The lowest BCUT2D eigenvalue weighted by Crippen LogP contribution is -2.54. The number of aliphatic imine (C=N–C) groups is 1. The van der Waals surface area contributed by atoms with Crippen LogP contribution in [0.5, 0.6) is 0 Å². The summed E-state index contributed by atoms with van der Waals surface area (Å²) in [6.07, 6.45) is 3.51. The van der Waals surface area contributed by atoms with E-state index >= 15 is 0 Å². The molecule has 0 bridgehead atoms. The maximum absolute atomic E-state index is 12.0. The fraction of sp³-hybridized carbons (Fsp3) is 0.895. The summed E-state index contributed by atoms with van der Waals surface area (Å²) >= 11 is 0. The number of amides is 1. The van der Waals surface area contributed by atoms with Gasteiger partial charge in [-0.1, -0.05) is 6.42 Å². The van der Waals surface area contributed by atoms with Crippen molar-refractivity contribution in [2.45, 2.75) is 78.0 Å². The highest BCUT2D eigenvalue weighted by Gasteiger charge is 2.25. The van der Waals surface area contributed by atoms with Gasteiger partial charge < -0.3 is 20.7 Å². The van der Waals surface area contributed by atoms with Crippen LogP contribution < -0.4 is 16.0 Å². The Morgan fingerprint density at radius 1 is 1.19 bits per heavy atom. The van der Waals surface area contributed by atoms with E-state index in [1.54, 1.807) is 7.05 Å². The van der Waals surface area contributed by atoms with E-state index < -0.39 is 17.2 Å². The van der Waals surface area contributed by atoms with Gasteiger partial charge in [0.2, 0.25) is 0 Å². The van der Waals surface area contributed by atoms with E-state index in [1.807, 2.05) is 34.6 Å². The van der Waals surface area contributed by atoms with Gasteiger partial charge in [-0.2, -0.15) is 0 Å². The number of rotatable bonds is 6. The number of likely N-dealkylation sites (tertiary alicyclic amines) is 1. The Labute approximate surface area is 182 Å². The summed E-state index contributed by atoms with van der Waals surface area (Å²) in [6, 6.07) is 0.664. The van der Waals surface area contributed by atoms with E-state index in [4.69, 9.17) is 4.74 Å². The van der Waals surface area contributed by atoms with Gasteiger partial charge in [0.1, 0.15) is 5.60 Å². The summed E-state index contributed by atoms with van der Waals surface area (Å²) in [7, 11) is 1.76. The second-order valence-corrected chi connectivity index (χ2v) is 8.74. The van der Waals surface area contributed by atoms with Gasteiger partial charge in [-0.05, 0) is 60.9 Å². The first kappa shape index (κ1) is 26.2. The van der Waals surface area contributed by atoms with Crippen LogP contribution in [0.2, 0.25) is 0 Å². The Hall–Kier alpha value is -0.770. The molecule has 1 amide bonds. The Kier molecular flexibility index (Phi) is 11.6. The molecule has 1 atom stereocenters. The molecule has 0 spiro atoms. The lowest BCUT2D eigenvalue weighted by atomic mass is 10.0. The van der Waals surface area contributed by atoms with Crippen LogP contribution in [0.4, 0.5) is 4.79 Å². The molecule has 0 saturated carbocycles. The number of halogens is 1. The molecule has 1 rings (SSSR count). The zero-order chi connectivity index (χ0) is 19.8. The molecule has 0 aromatic carbocycles. The molecular weight excluding hydrogens is 457 g/mol. The molecule has 0 radical (unpaired) electrons. The molecule has 8 heteroatoms. The Morgan fingerprint density at radius 3 is 2.41 bits per heavy atom. The zero-order valence-corrected chi connectivity index (χ0v) is 20.5. The van der Waals surface area contributed by atoms with Gasteiger partial charge in [-0.15, -0.1) is 24.0 Å². The number of guanidine groups is 1. The highest BCUT2D eigenvalue weighted by molar-refractivity contribution is 14.0. The lowest BCUT2D eigenvalue weighted by molar-refractivity contribution is 0.0474. The molecule has 7 nitrogen and oxygen atoms in total. The molecule has 1 saturated heterocycles. The SMILES string of the molecule is CN=C(NCCN1CCCCC1C)NCC(C)(C)NC(=O)OC(C)(C)C.I. The third kappa shape index (κ3) is 11.6. The standard InChI is InChI=1S/C19H39N5O2.HI/c1-15-10-8-9-12-24(15)13-11-21-16(20-7)22-14-19(5,6)23-17(25)26-18(2,3)4;/h15H,8-14H2,1-7H3,(H,23,25)(H2,20,21,22);1H. The molecule has 1 aliphatic heterocycles. The first-order chi connectivity index (χ1) is 12.0. The van der Waals surface area contributed by atoms with Crippen LogP contribution in [0, 0.1) is 0 Å². The molecule has 1 aliphatic rings. The highest BCUT2D eigenvalue weighted by atomic mass is 127. The Balaban J connectivity index is 0.00000676. The summed E-state index contributed by atoms with van der Waals surface area (Å²) in [4.78, 5) is 18.7. The van der Waals surface area contributed by atoms with Crippen LogP contribution in [0.1, 0.15) is 60.8 Å². The topological polar surface area (TPSA) is 78.0 Å². The zero-order valence-electron chi connectivity index (χ0n) is 18.1. The summed E-state index contributed by atoms with van der Waals surface area (Å²) in [5.41, 5.74) is -0.960. The van der Waals surface area contributed by atoms with Crippen molar-refractivity contribution >= 4 is 36.0 Å². The number of carbonyl (C=O) groups is 1. The Morgan fingerprint density at radius 2 is 1.85 bits per heavy atom. The largest absolute Gasteiger partial charge is 0.444 e. The number of ether oxygens (including phenoxy) is 1. The minimum atomic E-state index is -0.503. The molecule has 0 aromatic rings. The number of nitrogens with one attached hydrogen (secondary N) is 3. The van der Waals surface area contributed by atoms with E-state index in [0.717, 1.165) is 19.0 Å². The predicted molar refractivity (Wildman–Crippen MR) is 123 cm³/mol. The second-order valence-electron chi connectivity index (χ2n) is 8.74. The van der Waals surface area contributed by atoms with Crippen LogP contribution in [-0.2, 0) is 4.74 Å². The normalized spacial score (nSPS) is 19.1. The van der Waals surface area contributed by atoms with Crippen LogP contribution in [0.15, 0.2) is 4.99 Å². The van der Waals surface area contributed by atoms with Crippen molar-refractivity contribution in [3.05, 3.63) is 0 Å². The van der Waals surface area contributed by atoms with E-state index in [0.29, 0.717) is 12.6 Å². The van der Waals surface area contributed by atoms with E-state index in [1.165, 1.54) is 25.8 Å². The van der Waals surface area contributed by atoms with Gasteiger partial charge >= 0.3 is 6.09 Å². The van der Waals surface area contributed by atoms with Crippen molar-refractivity contribution in [3.8, 4) is 0 Å². The summed E-state index contributed by atoms with van der Waals surface area (Å²) in [6.45, 7) is 15.4. The molecule has 1 unspecified atom stereocenters. The third-order valence-electron chi connectivity index (χ3n) is 4.39. The van der Waals surface area contributed by atoms with Gasteiger partial charge in [-0.3, -0.25) is 9.89 Å². The molecule has 0 aliphatic carbocycles. The monoisotopic (exact) mass is 497 g/mol. The molecule has 0 aromatic heterocycles. The molecular formula is C19H40IN5O2. The average Bonchev–Trinajstić information content (AvgIpc) is 2.49. The minimum absolute atomic E-state index is 0. The first-order valence-corrected chi connectivity index (χ1v) is 9.72. The fourth-order valence-electron chi connectivity index (χ4n) is 2.96. The maximum atomic E-state index is 12.0. The number of piperidine rings is 1. The number of hydrogen-bond acceptors (Lipinski definition) is 4. The smallest absolute Gasteiger partial charge is 0.408 e. The second kappa shape index (κ2) is 11.9. The summed E-state index contributed by atoms with van der Waals surface area (Å²) in [5, 5.41) is 9.52. The van der Waals surface area contributed by atoms with Crippen molar-refractivity contribution in [1.82, 2.24) is 20.9 Å². The maximum Gasteiger partial charge on any atom is 0.408 e. The van der Waals surface area contributed by atoms with Crippen LogP contribution in [-0.4, -0.2) is 67.4 Å². The first-order valence-electron chi connectivity index (χ1n) is 9.72. The molecule has 1 fully saturated rings. The number of nitrogens with zero attached hydrogens (tertiary/aromatic N) is 2. The molecule has 27 heavy (non-hydrogen) atoms. The number of alkyl carbamates (subject to hydrolysis) is 1. The minimum Gasteiger partial charge on any atom is -0.444 e. The third-order valence-corrected chi connectivity index (χ3v) is 4.39. The Bertz CT molecular complexity index is 477. The van der Waals surface area contributed by atoms with Crippen LogP contribution in [0.25, 0.3) is 0 Å². The molecule has 1 heterocycles. The lowest BCUT2D eigenvalue weighted by Gasteiger charge is -2.33. The fourth-order valence-corrected chi connectivity index (χ4v) is 2.96. The summed E-state index contributed by atoms with van der Waals surface area (Å²) < 4.78 is 5.32. The number of hydrogen-bond donors (Lipinski definition) is 3. The number of carbonyl (C=O) groups excluding carboxylic acids is 1. The van der Waals surface area contributed by atoms with Gasteiger partial charge in [0.25, 0.3) is 0 Å². The predicted octanol–water partition coefficient (Wildman–Crippen LogP) is 2.95. The van der Waals surface area contributed by atoms with Crippen molar-refractivity contribution in [2.75, 3.05) is 33.2 Å². The van der Waals surface area contributed by atoms with E-state index in [-0.39, 0.29) is 24.0 Å². The van der Waals surface area contributed by atoms with Gasteiger partial charge in [0.05, 0.1) is 5.54 Å². The van der Waals surface area contributed by atoms with Gasteiger partial charge in [0, 0.05) is 32.7 Å². The molecule has 3 N–H and O–H groups in total. The van der Waals surface area contributed by atoms with Crippen LogP contribution >= 0.6 is 24.0 Å². The van der Waals surface area contributed by atoms with E-state index in [9.17, 15) is 4.79 Å². The van der Waals surface area contributed by atoms with Crippen molar-refractivity contribution in [2.24, 2.45) is 4.99 Å². The summed E-state index contributed by atoms with van der Waals surface area (Å²) in [5.74, 6) is 0.744. The van der Waals surface area contributed by atoms with Crippen LogP contribution in [0.3, 0.4) is 0 Å². The van der Waals surface area contributed by atoms with Gasteiger partial charge in [0.15, 0.2) is 5.96 Å². The van der Waals surface area contributed by atoms with Gasteiger partial charge in [-0.25, -0.2) is 4.79 Å². The molecule has 160 valence electrons. The quantitative estimate of drug-likeness (QED) is 0.299. The van der Waals surface area contributed by atoms with E-state index in [2.05, 4.69) is 32.8 Å².